The standard InChI is InChI=1S/C22H21Cl2N3O/c23-18-10-9-17(20(24)13-18)14-26-12-11-25-21(26)15-27(19-7-2-1-3-8-19)22(28)16-5-4-6-16/h1-3,7-13,16H,4-6,14-15H2. The normalized spacial score (nSPS) is 13.9. The molecule has 0 unspecified atom stereocenters. The molecule has 1 aromatic heterocycles. The highest BCUT2D eigenvalue weighted by molar-refractivity contribution is 6.35. The van der Waals surface area contributed by atoms with Crippen molar-refractivity contribution in [3.63, 3.8) is 0 Å². The third-order valence-corrected chi connectivity index (χ3v) is 5.83. The Kier molecular flexibility index (Phi) is 5.69. The van der Waals surface area contributed by atoms with Crippen molar-refractivity contribution in [2.75, 3.05) is 4.90 Å². The van der Waals surface area contributed by atoms with Crippen molar-refractivity contribution in [3.05, 3.63) is 82.4 Å². The van der Waals surface area contributed by atoms with Crippen molar-refractivity contribution in [1.29, 1.82) is 0 Å². The summed E-state index contributed by atoms with van der Waals surface area (Å²) < 4.78 is 2.03. The molecule has 0 radical (unpaired) electrons. The lowest BCUT2D eigenvalue weighted by Crippen LogP contribution is -2.39. The van der Waals surface area contributed by atoms with E-state index in [1.165, 1.54) is 0 Å². The van der Waals surface area contributed by atoms with E-state index in [4.69, 9.17) is 23.2 Å². The molecule has 1 amide bonds. The number of para-hydroxylation sites is 1. The molecule has 0 N–H and O–H groups in total. The molecule has 0 spiro atoms. The van der Waals surface area contributed by atoms with Gasteiger partial charge in [0.05, 0.1) is 13.1 Å². The van der Waals surface area contributed by atoms with Gasteiger partial charge in [0.2, 0.25) is 5.91 Å². The quantitative estimate of drug-likeness (QED) is 0.529. The van der Waals surface area contributed by atoms with E-state index in [9.17, 15) is 4.79 Å². The molecule has 0 bridgehead atoms. The third kappa shape index (κ3) is 4.08. The molecule has 4 rings (SSSR count). The smallest absolute Gasteiger partial charge is 0.230 e. The van der Waals surface area contributed by atoms with Crippen LogP contribution in [0.15, 0.2) is 60.9 Å². The van der Waals surface area contributed by atoms with E-state index in [-0.39, 0.29) is 11.8 Å². The van der Waals surface area contributed by atoms with Crippen molar-refractivity contribution in [1.82, 2.24) is 9.55 Å². The maximum Gasteiger partial charge on any atom is 0.230 e. The predicted octanol–water partition coefficient (Wildman–Crippen LogP) is 5.57. The summed E-state index contributed by atoms with van der Waals surface area (Å²) >= 11 is 12.3. The molecule has 1 fully saturated rings. The minimum Gasteiger partial charge on any atom is -0.329 e. The van der Waals surface area contributed by atoms with Gasteiger partial charge in [-0.25, -0.2) is 4.98 Å². The van der Waals surface area contributed by atoms with Gasteiger partial charge in [-0.15, -0.1) is 0 Å². The molecule has 3 aromatic rings. The van der Waals surface area contributed by atoms with Gasteiger partial charge in [0, 0.05) is 34.0 Å². The van der Waals surface area contributed by atoms with E-state index >= 15 is 0 Å². The number of rotatable bonds is 6. The number of carbonyl (C=O) groups excluding carboxylic acids is 1. The predicted molar refractivity (Wildman–Crippen MR) is 113 cm³/mol. The average Bonchev–Trinajstić information content (AvgIpc) is 3.08. The molecule has 1 heterocycles. The Balaban J connectivity index is 1.59. The summed E-state index contributed by atoms with van der Waals surface area (Å²) in [4.78, 5) is 19.4. The number of halogens is 2. The SMILES string of the molecule is O=C(C1CCC1)N(Cc1nccn1Cc1ccc(Cl)cc1Cl)c1ccccc1. The number of carbonyl (C=O) groups is 1. The van der Waals surface area contributed by atoms with Crippen molar-refractivity contribution >= 4 is 34.8 Å². The van der Waals surface area contributed by atoms with Gasteiger partial charge < -0.3 is 9.47 Å². The summed E-state index contributed by atoms with van der Waals surface area (Å²) in [6, 6.07) is 15.3. The van der Waals surface area contributed by atoms with Crippen LogP contribution in [0.25, 0.3) is 0 Å². The number of nitrogens with zero attached hydrogens (tertiary/aromatic N) is 3. The van der Waals surface area contributed by atoms with Crippen molar-refractivity contribution < 1.29 is 4.79 Å². The zero-order chi connectivity index (χ0) is 19.5. The van der Waals surface area contributed by atoms with E-state index < -0.39 is 0 Å². The lowest BCUT2D eigenvalue weighted by atomic mass is 9.84. The average molecular weight is 414 g/mol. The molecule has 1 aliphatic carbocycles. The van der Waals surface area contributed by atoms with E-state index in [2.05, 4.69) is 4.98 Å². The van der Waals surface area contributed by atoms with Crippen molar-refractivity contribution in [2.45, 2.75) is 32.4 Å². The Bertz CT molecular complexity index is 967. The molecule has 0 saturated heterocycles. The third-order valence-electron chi connectivity index (χ3n) is 5.25. The largest absolute Gasteiger partial charge is 0.329 e. The maximum absolute atomic E-state index is 13.1. The second kappa shape index (κ2) is 8.38. The molecule has 1 saturated carbocycles. The molecule has 28 heavy (non-hydrogen) atoms. The summed E-state index contributed by atoms with van der Waals surface area (Å²) in [5, 5.41) is 1.23. The first kappa shape index (κ1) is 19.0. The topological polar surface area (TPSA) is 38.1 Å². The molecule has 0 atom stereocenters. The highest BCUT2D eigenvalue weighted by Crippen LogP contribution is 2.31. The number of anilines is 1. The van der Waals surface area contributed by atoms with Gasteiger partial charge in [0.25, 0.3) is 0 Å². The van der Waals surface area contributed by atoms with Gasteiger partial charge in [-0.05, 0) is 42.7 Å². The minimum atomic E-state index is 0.120. The second-order valence-corrected chi connectivity index (χ2v) is 7.94. The first-order chi connectivity index (χ1) is 13.6. The van der Waals surface area contributed by atoms with Gasteiger partial charge in [-0.3, -0.25) is 4.79 Å². The van der Waals surface area contributed by atoms with Crippen LogP contribution in [-0.2, 0) is 17.9 Å². The van der Waals surface area contributed by atoms with E-state index in [1.54, 1.807) is 12.3 Å². The van der Waals surface area contributed by atoms with Crippen molar-refractivity contribution in [3.8, 4) is 0 Å². The zero-order valence-corrected chi connectivity index (χ0v) is 16.9. The molecular weight excluding hydrogens is 393 g/mol. The number of benzene rings is 2. The summed E-state index contributed by atoms with van der Waals surface area (Å²) in [7, 11) is 0. The van der Waals surface area contributed by atoms with Crippen LogP contribution in [0.2, 0.25) is 10.0 Å². The van der Waals surface area contributed by atoms with Gasteiger partial charge in [0.15, 0.2) is 0 Å². The fourth-order valence-electron chi connectivity index (χ4n) is 3.39. The Morgan fingerprint density at radius 1 is 1.14 bits per heavy atom. The van der Waals surface area contributed by atoms with Gasteiger partial charge in [0.1, 0.15) is 5.82 Å². The first-order valence-electron chi connectivity index (χ1n) is 9.42. The van der Waals surface area contributed by atoms with Crippen LogP contribution < -0.4 is 4.90 Å². The fraction of sp³-hybridized carbons (Fsp3) is 0.273. The molecule has 1 aliphatic rings. The highest BCUT2D eigenvalue weighted by atomic mass is 35.5. The Morgan fingerprint density at radius 3 is 2.61 bits per heavy atom. The van der Waals surface area contributed by atoms with Crippen LogP contribution in [0.1, 0.15) is 30.7 Å². The lowest BCUT2D eigenvalue weighted by Gasteiger charge is -2.31. The molecule has 2 aromatic carbocycles. The summed E-state index contributed by atoms with van der Waals surface area (Å²) in [5.41, 5.74) is 1.86. The van der Waals surface area contributed by atoms with Gasteiger partial charge >= 0.3 is 0 Å². The summed E-state index contributed by atoms with van der Waals surface area (Å²) in [6.45, 7) is 1.00. The summed E-state index contributed by atoms with van der Waals surface area (Å²) in [5.74, 6) is 1.12. The monoisotopic (exact) mass is 413 g/mol. The minimum absolute atomic E-state index is 0.120. The van der Waals surface area contributed by atoms with Crippen LogP contribution >= 0.6 is 23.2 Å². The van der Waals surface area contributed by atoms with Crippen LogP contribution in [0.4, 0.5) is 5.69 Å². The number of aromatic nitrogens is 2. The number of hydrogen-bond donors (Lipinski definition) is 0. The molecule has 6 heteroatoms. The number of amides is 1. The number of imidazole rings is 1. The lowest BCUT2D eigenvalue weighted by molar-refractivity contribution is -0.124. The molecular formula is C22H21Cl2N3O. The van der Waals surface area contributed by atoms with Gasteiger partial charge in [-0.1, -0.05) is 53.9 Å². The second-order valence-electron chi connectivity index (χ2n) is 7.09. The van der Waals surface area contributed by atoms with E-state index in [0.717, 1.165) is 36.3 Å². The van der Waals surface area contributed by atoms with Gasteiger partial charge in [-0.2, -0.15) is 0 Å². The van der Waals surface area contributed by atoms with Crippen LogP contribution in [0.3, 0.4) is 0 Å². The Morgan fingerprint density at radius 2 is 1.93 bits per heavy atom. The fourth-order valence-corrected chi connectivity index (χ4v) is 3.86. The van der Waals surface area contributed by atoms with Crippen LogP contribution in [0.5, 0.6) is 0 Å². The zero-order valence-electron chi connectivity index (χ0n) is 15.4. The highest BCUT2D eigenvalue weighted by Gasteiger charge is 2.31. The van der Waals surface area contributed by atoms with Crippen LogP contribution in [0, 0.1) is 5.92 Å². The van der Waals surface area contributed by atoms with Crippen LogP contribution in [-0.4, -0.2) is 15.5 Å². The Labute approximate surface area is 174 Å². The van der Waals surface area contributed by atoms with E-state index in [0.29, 0.717) is 23.1 Å². The molecule has 144 valence electrons. The maximum atomic E-state index is 13.1. The molecule has 4 nitrogen and oxygen atoms in total. The molecule has 0 aliphatic heterocycles. The Hall–Kier alpha value is -2.30. The van der Waals surface area contributed by atoms with Crippen molar-refractivity contribution in [2.24, 2.45) is 5.92 Å². The van der Waals surface area contributed by atoms with E-state index in [1.807, 2.05) is 58.1 Å². The summed E-state index contributed by atoms with van der Waals surface area (Å²) in [6.07, 6.45) is 6.74. The first-order valence-corrected chi connectivity index (χ1v) is 10.2. The number of hydrogen-bond acceptors (Lipinski definition) is 2.